The second-order valence-corrected chi connectivity index (χ2v) is 6.59. The summed E-state index contributed by atoms with van der Waals surface area (Å²) in [6.07, 6.45) is 2.83. The number of amides is 3. The maximum atomic E-state index is 12.8. The van der Waals surface area contributed by atoms with Crippen LogP contribution in [0.3, 0.4) is 0 Å². The number of aryl methyl sites for hydroxylation is 1. The summed E-state index contributed by atoms with van der Waals surface area (Å²) in [6, 6.07) is 8.97. The maximum absolute atomic E-state index is 12.8. The number of nitrogens with one attached hydrogen (secondary N) is 2. The summed E-state index contributed by atoms with van der Waals surface area (Å²) in [5.41, 5.74) is 2.99. The van der Waals surface area contributed by atoms with Crippen LogP contribution in [0.5, 0.6) is 0 Å². The summed E-state index contributed by atoms with van der Waals surface area (Å²) >= 11 is 0. The Kier molecular flexibility index (Phi) is 4.20. The van der Waals surface area contributed by atoms with Crippen LogP contribution in [0.2, 0.25) is 0 Å². The number of anilines is 1. The van der Waals surface area contributed by atoms with Gasteiger partial charge in [0, 0.05) is 50.0 Å². The van der Waals surface area contributed by atoms with E-state index in [1.807, 2.05) is 6.07 Å². The molecule has 1 fully saturated rings. The molecule has 3 heterocycles. The van der Waals surface area contributed by atoms with Crippen molar-refractivity contribution in [3.8, 4) is 0 Å². The number of rotatable bonds is 2. The van der Waals surface area contributed by atoms with Crippen molar-refractivity contribution < 1.29 is 14.4 Å². The molecular formula is C19H20N4O3. The molecule has 2 aliphatic heterocycles. The zero-order chi connectivity index (χ0) is 18.1. The summed E-state index contributed by atoms with van der Waals surface area (Å²) in [4.78, 5) is 43.0. The van der Waals surface area contributed by atoms with E-state index < -0.39 is 0 Å². The number of benzene rings is 1. The summed E-state index contributed by atoms with van der Waals surface area (Å²) in [5.74, 6) is -0.0530. The average molecular weight is 352 g/mol. The van der Waals surface area contributed by atoms with E-state index in [2.05, 4.69) is 10.3 Å². The van der Waals surface area contributed by atoms with Gasteiger partial charge in [-0.15, -0.1) is 0 Å². The van der Waals surface area contributed by atoms with Crippen LogP contribution in [0, 0.1) is 0 Å². The monoisotopic (exact) mass is 352 g/mol. The molecular weight excluding hydrogens is 332 g/mol. The first-order valence-electron chi connectivity index (χ1n) is 8.76. The number of hydrogen-bond acceptors (Lipinski definition) is 3. The molecule has 7 nitrogen and oxygen atoms in total. The van der Waals surface area contributed by atoms with E-state index in [4.69, 9.17) is 0 Å². The van der Waals surface area contributed by atoms with Gasteiger partial charge in [0.15, 0.2) is 0 Å². The molecule has 4 rings (SSSR count). The van der Waals surface area contributed by atoms with Crippen molar-refractivity contribution in [3.63, 3.8) is 0 Å². The number of H-pyrrole nitrogens is 1. The Bertz CT molecular complexity index is 852. The molecule has 1 aromatic carbocycles. The third-order valence-corrected chi connectivity index (χ3v) is 4.93. The minimum Gasteiger partial charge on any atom is -0.357 e. The lowest BCUT2D eigenvalue weighted by Crippen LogP contribution is -2.50. The van der Waals surface area contributed by atoms with Gasteiger partial charge in [-0.05, 0) is 42.3 Å². The van der Waals surface area contributed by atoms with Gasteiger partial charge >= 0.3 is 0 Å². The van der Waals surface area contributed by atoms with E-state index in [1.165, 1.54) is 0 Å². The fourth-order valence-electron chi connectivity index (χ4n) is 3.45. The second kappa shape index (κ2) is 6.67. The Labute approximate surface area is 151 Å². The third kappa shape index (κ3) is 3.08. The Morgan fingerprint density at radius 2 is 1.65 bits per heavy atom. The van der Waals surface area contributed by atoms with E-state index in [9.17, 15) is 14.4 Å². The van der Waals surface area contributed by atoms with Crippen molar-refractivity contribution in [2.24, 2.45) is 0 Å². The first-order chi connectivity index (χ1) is 12.6. The lowest BCUT2D eigenvalue weighted by Gasteiger charge is -2.34. The van der Waals surface area contributed by atoms with Crippen LogP contribution < -0.4 is 5.32 Å². The van der Waals surface area contributed by atoms with Crippen LogP contribution >= 0.6 is 0 Å². The third-order valence-electron chi connectivity index (χ3n) is 4.93. The van der Waals surface area contributed by atoms with E-state index >= 15 is 0 Å². The van der Waals surface area contributed by atoms with Crippen LogP contribution in [0.15, 0.2) is 36.5 Å². The highest BCUT2D eigenvalue weighted by Gasteiger charge is 2.26. The van der Waals surface area contributed by atoms with Crippen LogP contribution in [0.1, 0.15) is 32.8 Å². The highest BCUT2D eigenvalue weighted by molar-refractivity contribution is 5.98. The molecule has 0 atom stereocenters. The predicted molar refractivity (Wildman–Crippen MR) is 96.0 cm³/mol. The lowest BCUT2D eigenvalue weighted by atomic mass is 10.00. The van der Waals surface area contributed by atoms with Gasteiger partial charge in [-0.25, -0.2) is 0 Å². The van der Waals surface area contributed by atoms with Gasteiger partial charge in [0.1, 0.15) is 5.69 Å². The molecule has 1 aromatic heterocycles. The molecule has 1 saturated heterocycles. The average Bonchev–Trinajstić information content (AvgIpc) is 3.21. The Morgan fingerprint density at radius 3 is 2.35 bits per heavy atom. The van der Waals surface area contributed by atoms with Crippen molar-refractivity contribution in [2.45, 2.75) is 12.8 Å². The quantitative estimate of drug-likeness (QED) is 0.859. The number of nitrogens with zero attached hydrogens (tertiary/aromatic N) is 2. The number of hydrogen-bond donors (Lipinski definition) is 2. The van der Waals surface area contributed by atoms with Gasteiger partial charge in [-0.3, -0.25) is 14.4 Å². The summed E-state index contributed by atoms with van der Waals surface area (Å²) in [7, 11) is 0. The number of aromatic amines is 1. The smallest absolute Gasteiger partial charge is 0.270 e. The molecule has 0 aliphatic carbocycles. The zero-order valence-electron chi connectivity index (χ0n) is 14.3. The van der Waals surface area contributed by atoms with E-state index in [0.29, 0.717) is 50.3 Å². The molecule has 0 spiro atoms. The zero-order valence-corrected chi connectivity index (χ0v) is 14.3. The summed E-state index contributed by atoms with van der Waals surface area (Å²) in [6.45, 7) is 2.06. The van der Waals surface area contributed by atoms with Crippen molar-refractivity contribution in [1.29, 1.82) is 0 Å². The maximum Gasteiger partial charge on any atom is 0.270 e. The number of piperazine rings is 1. The van der Waals surface area contributed by atoms with Crippen LogP contribution in [-0.4, -0.2) is 58.7 Å². The molecule has 2 N–H and O–H groups in total. The normalized spacial score (nSPS) is 16.8. The molecule has 0 unspecified atom stereocenters. The highest BCUT2D eigenvalue weighted by atomic mass is 16.2. The molecule has 7 heteroatoms. The first kappa shape index (κ1) is 16.4. The summed E-state index contributed by atoms with van der Waals surface area (Å²) < 4.78 is 0. The molecule has 0 bridgehead atoms. The fraction of sp³-hybridized carbons (Fsp3) is 0.316. The topological polar surface area (TPSA) is 85.5 Å². The molecule has 2 aromatic rings. The van der Waals surface area contributed by atoms with Crippen molar-refractivity contribution >= 4 is 23.4 Å². The lowest BCUT2D eigenvalue weighted by molar-refractivity contribution is -0.116. The van der Waals surface area contributed by atoms with Gasteiger partial charge in [-0.1, -0.05) is 0 Å². The number of carbonyl (C=O) groups is 3. The number of fused-ring (bicyclic) bond motifs is 1. The van der Waals surface area contributed by atoms with Gasteiger partial charge in [-0.2, -0.15) is 0 Å². The Morgan fingerprint density at radius 1 is 0.923 bits per heavy atom. The van der Waals surface area contributed by atoms with Gasteiger partial charge < -0.3 is 20.1 Å². The minimum absolute atomic E-state index is 0.0134. The molecule has 0 radical (unpaired) electrons. The van der Waals surface area contributed by atoms with Crippen molar-refractivity contribution in [3.05, 3.63) is 53.3 Å². The van der Waals surface area contributed by atoms with E-state index in [0.717, 1.165) is 11.3 Å². The molecule has 0 saturated carbocycles. The first-order valence-corrected chi connectivity index (χ1v) is 8.76. The van der Waals surface area contributed by atoms with Gasteiger partial charge in [0.25, 0.3) is 11.8 Å². The number of carbonyl (C=O) groups excluding carboxylic acids is 3. The Balaban J connectivity index is 1.41. The van der Waals surface area contributed by atoms with Crippen LogP contribution in [0.25, 0.3) is 0 Å². The molecule has 26 heavy (non-hydrogen) atoms. The minimum atomic E-state index is -0.0355. The SMILES string of the molecule is O=C1CCc2cc(C(=O)N3CCN(C(=O)c4ccc[nH]4)CC3)ccc2N1. The highest BCUT2D eigenvalue weighted by Crippen LogP contribution is 2.24. The van der Waals surface area contributed by atoms with Gasteiger partial charge in [0.2, 0.25) is 5.91 Å². The van der Waals surface area contributed by atoms with E-state index in [-0.39, 0.29) is 17.7 Å². The predicted octanol–water partition coefficient (Wildman–Crippen LogP) is 1.50. The standard InChI is InChI=1S/C19H20N4O3/c24-17-6-4-13-12-14(3-5-15(13)21-17)18(25)22-8-10-23(11-9-22)19(26)16-2-1-7-20-16/h1-3,5,7,12,20H,4,6,8-11H2,(H,21,24). The molecule has 2 aliphatic rings. The van der Waals surface area contributed by atoms with Crippen molar-refractivity contribution in [1.82, 2.24) is 14.8 Å². The second-order valence-electron chi connectivity index (χ2n) is 6.59. The Hall–Kier alpha value is -3.09. The summed E-state index contributed by atoms with van der Waals surface area (Å²) in [5, 5.41) is 2.83. The van der Waals surface area contributed by atoms with Crippen LogP contribution in [0.4, 0.5) is 5.69 Å². The van der Waals surface area contributed by atoms with E-state index in [1.54, 1.807) is 40.3 Å². The van der Waals surface area contributed by atoms with Crippen LogP contribution in [-0.2, 0) is 11.2 Å². The number of aromatic nitrogens is 1. The largest absolute Gasteiger partial charge is 0.357 e. The van der Waals surface area contributed by atoms with Crippen molar-refractivity contribution in [2.75, 3.05) is 31.5 Å². The fourth-order valence-corrected chi connectivity index (χ4v) is 3.45. The molecule has 134 valence electrons. The molecule has 3 amide bonds. The van der Waals surface area contributed by atoms with Gasteiger partial charge in [0.05, 0.1) is 0 Å².